The lowest BCUT2D eigenvalue weighted by atomic mass is 10.4. The fourth-order valence-corrected chi connectivity index (χ4v) is 2.55. The van der Waals surface area contributed by atoms with E-state index in [4.69, 9.17) is 0 Å². The summed E-state index contributed by atoms with van der Waals surface area (Å²) in [5.74, 6) is 1.65. The highest BCUT2D eigenvalue weighted by Crippen LogP contribution is 2.18. The smallest absolute Gasteiger partial charge is 0.209 e. The maximum atomic E-state index is 4.24. The number of aromatic nitrogens is 7. The number of aryl methyl sites for hydroxylation is 1. The van der Waals surface area contributed by atoms with Gasteiger partial charge in [0.15, 0.2) is 0 Å². The second-order valence-electron chi connectivity index (χ2n) is 4.57. The third-order valence-corrected chi connectivity index (χ3v) is 3.65. The highest BCUT2D eigenvalue weighted by atomic mass is 32.2. The third-order valence-electron chi connectivity index (χ3n) is 2.70. The van der Waals surface area contributed by atoms with Crippen molar-refractivity contribution < 1.29 is 0 Å². The molecule has 110 valence electrons. The third kappa shape index (κ3) is 4.01. The molecule has 20 heavy (non-hydrogen) atoms. The van der Waals surface area contributed by atoms with Crippen molar-refractivity contribution in [3.05, 3.63) is 12.2 Å². The normalized spacial score (nSPS) is 11.4. The van der Waals surface area contributed by atoms with Crippen LogP contribution in [0.15, 0.2) is 11.5 Å². The minimum Gasteiger partial charge on any atom is -0.313 e. The summed E-state index contributed by atoms with van der Waals surface area (Å²) in [5, 5.41) is 20.1. The second-order valence-corrected chi connectivity index (χ2v) is 5.52. The Labute approximate surface area is 122 Å². The first-order valence-corrected chi connectivity index (χ1v) is 7.68. The van der Waals surface area contributed by atoms with E-state index in [1.54, 1.807) is 18.1 Å². The molecule has 0 saturated heterocycles. The minimum atomic E-state index is 0.464. The van der Waals surface area contributed by atoms with E-state index >= 15 is 0 Å². The Kier molecular flexibility index (Phi) is 5.48. The van der Waals surface area contributed by atoms with Gasteiger partial charge in [0.1, 0.15) is 12.2 Å². The largest absolute Gasteiger partial charge is 0.313 e. The van der Waals surface area contributed by atoms with Gasteiger partial charge < -0.3 is 5.32 Å². The van der Waals surface area contributed by atoms with Gasteiger partial charge in [0, 0.05) is 19.1 Å². The highest BCUT2D eigenvalue weighted by Gasteiger charge is 2.09. The average molecular weight is 296 g/mol. The van der Waals surface area contributed by atoms with Crippen LogP contribution >= 0.6 is 11.8 Å². The van der Waals surface area contributed by atoms with E-state index in [1.807, 2.05) is 16.3 Å². The zero-order chi connectivity index (χ0) is 14.4. The fraction of sp³-hybridized carbons (Fsp3) is 0.727. The quantitative estimate of drug-likeness (QED) is 0.713. The molecule has 0 unspecified atom stereocenters. The van der Waals surface area contributed by atoms with Gasteiger partial charge in [-0.15, -0.1) is 5.10 Å². The van der Waals surface area contributed by atoms with Crippen molar-refractivity contribution in [1.29, 1.82) is 0 Å². The molecule has 0 saturated carbocycles. The summed E-state index contributed by atoms with van der Waals surface area (Å²) in [5.41, 5.74) is 0. The monoisotopic (exact) mass is 296 g/mol. The van der Waals surface area contributed by atoms with Crippen LogP contribution in [0.5, 0.6) is 0 Å². The predicted octanol–water partition coefficient (Wildman–Crippen LogP) is 0.575. The zero-order valence-corrected chi connectivity index (χ0v) is 12.8. The van der Waals surface area contributed by atoms with Gasteiger partial charge in [0.25, 0.3) is 0 Å². The van der Waals surface area contributed by atoms with Gasteiger partial charge in [-0.05, 0) is 17.4 Å². The number of nitrogens with zero attached hydrogens (tertiary/aromatic N) is 7. The Hall–Kier alpha value is -1.48. The Bertz CT molecular complexity index is 520. The van der Waals surface area contributed by atoms with Crippen LogP contribution in [0, 0.1) is 0 Å². The fourth-order valence-electron chi connectivity index (χ4n) is 1.69. The molecule has 0 spiro atoms. The topological polar surface area (TPSA) is 86.3 Å². The number of hydrogen-bond donors (Lipinski definition) is 1. The summed E-state index contributed by atoms with van der Waals surface area (Å²) in [6, 6.07) is 0.464. The van der Waals surface area contributed by atoms with E-state index < -0.39 is 0 Å². The highest BCUT2D eigenvalue weighted by molar-refractivity contribution is 7.98. The molecule has 0 fully saturated rings. The van der Waals surface area contributed by atoms with Gasteiger partial charge in [-0.25, -0.2) is 14.3 Å². The van der Waals surface area contributed by atoms with Gasteiger partial charge in [-0.1, -0.05) is 25.6 Å². The first kappa shape index (κ1) is 14.9. The SMILES string of the molecule is CCn1ncnc1CSc1nnnn1CCNC(C)C. The Balaban J connectivity index is 1.88. The molecule has 0 atom stereocenters. The summed E-state index contributed by atoms with van der Waals surface area (Å²) >= 11 is 1.58. The summed E-state index contributed by atoms with van der Waals surface area (Å²) < 4.78 is 3.69. The minimum absolute atomic E-state index is 0.464. The number of rotatable bonds is 8. The second kappa shape index (κ2) is 7.34. The molecule has 0 amide bonds. The maximum absolute atomic E-state index is 4.24. The van der Waals surface area contributed by atoms with Crippen LogP contribution in [0.25, 0.3) is 0 Å². The summed E-state index contributed by atoms with van der Waals surface area (Å²) in [7, 11) is 0. The predicted molar refractivity (Wildman–Crippen MR) is 76.2 cm³/mol. The lowest BCUT2D eigenvalue weighted by Gasteiger charge is -2.08. The van der Waals surface area contributed by atoms with Gasteiger partial charge in [0.05, 0.1) is 12.3 Å². The van der Waals surface area contributed by atoms with E-state index in [0.29, 0.717) is 11.8 Å². The molecule has 2 heterocycles. The van der Waals surface area contributed by atoms with Crippen LogP contribution in [-0.2, 0) is 18.8 Å². The van der Waals surface area contributed by atoms with Gasteiger partial charge in [0.2, 0.25) is 5.16 Å². The Morgan fingerprint density at radius 2 is 2.20 bits per heavy atom. The maximum Gasteiger partial charge on any atom is 0.209 e. The lowest BCUT2D eigenvalue weighted by Crippen LogP contribution is -2.27. The molecule has 0 aliphatic rings. The standard InChI is InChI=1S/C11H20N8S/c1-4-18-10(13-8-14-18)7-20-11-15-16-17-19(11)6-5-12-9(2)3/h8-9,12H,4-7H2,1-3H3. The molecule has 9 heteroatoms. The van der Waals surface area contributed by atoms with Gasteiger partial charge in [-0.2, -0.15) is 5.10 Å². The zero-order valence-electron chi connectivity index (χ0n) is 12.0. The van der Waals surface area contributed by atoms with Crippen molar-refractivity contribution >= 4 is 11.8 Å². The molecular formula is C11H20N8S. The number of thioether (sulfide) groups is 1. The molecule has 2 rings (SSSR count). The first-order valence-electron chi connectivity index (χ1n) is 6.69. The van der Waals surface area contributed by atoms with Crippen molar-refractivity contribution in [3.8, 4) is 0 Å². The summed E-state index contributed by atoms with van der Waals surface area (Å²) in [4.78, 5) is 4.24. The van der Waals surface area contributed by atoms with Crippen LogP contribution < -0.4 is 5.32 Å². The lowest BCUT2D eigenvalue weighted by molar-refractivity contribution is 0.485. The van der Waals surface area contributed by atoms with Crippen molar-refractivity contribution in [2.24, 2.45) is 0 Å². The number of hydrogen-bond acceptors (Lipinski definition) is 7. The van der Waals surface area contributed by atoms with E-state index in [9.17, 15) is 0 Å². The van der Waals surface area contributed by atoms with Crippen molar-refractivity contribution in [2.75, 3.05) is 6.54 Å². The van der Waals surface area contributed by atoms with Crippen LogP contribution in [0.2, 0.25) is 0 Å². The molecule has 0 aromatic carbocycles. The van der Waals surface area contributed by atoms with Crippen LogP contribution in [0.1, 0.15) is 26.6 Å². The van der Waals surface area contributed by atoms with E-state index in [1.165, 1.54) is 0 Å². The van der Waals surface area contributed by atoms with Crippen molar-refractivity contribution in [2.45, 2.75) is 50.8 Å². The number of tetrazole rings is 1. The molecule has 0 aliphatic carbocycles. The van der Waals surface area contributed by atoms with Crippen LogP contribution in [-0.4, -0.2) is 47.6 Å². The van der Waals surface area contributed by atoms with Gasteiger partial charge in [-0.3, -0.25) is 0 Å². The molecule has 8 nitrogen and oxygen atoms in total. The molecule has 2 aromatic rings. The summed E-state index contributed by atoms with van der Waals surface area (Å²) in [6.45, 7) is 8.71. The van der Waals surface area contributed by atoms with E-state index in [2.05, 4.69) is 44.8 Å². The molecule has 0 radical (unpaired) electrons. The Morgan fingerprint density at radius 1 is 1.35 bits per heavy atom. The molecule has 0 bridgehead atoms. The van der Waals surface area contributed by atoms with E-state index in [-0.39, 0.29) is 0 Å². The molecule has 0 aliphatic heterocycles. The molecule has 2 aromatic heterocycles. The summed E-state index contributed by atoms with van der Waals surface area (Å²) in [6.07, 6.45) is 1.58. The molecule has 1 N–H and O–H groups in total. The molecular weight excluding hydrogens is 276 g/mol. The van der Waals surface area contributed by atoms with E-state index in [0.717, 1.165) is 30.6 Å². The first-order chi connectivity index (χ1) is 9.70. The van der Waals surface area contributed by atoms with Crippen molar-refractivity contribution in [1.82, 2.24) is 40.3 Å². The van der Waals surface area contributed by atoms with Gasteiger partial charge >= 0.3 is 0 Å². The number of nitrogens with one attached hydrogen (secondary N) is 1. The Morgan fingerprint density at radius 3 is 2.95 bits per heavy atom. The van der Waals surface area contributed by atoms with Crippen molar-refractivity contribution in [3.63, 3.8) is 0 Å². The van der Waals surface area contributed by atoms with Crippen LogP contribution in [0.3, 0.4) is 0 Å². The average Bonchev–Trinajstić information content (AvgIpc) is 3.04. The van der Waals surface area contributed by atoms with Crippen LogP contribution in [0.4, 0.5) is 0 Å².